The Labute approximate surface area is 497 Å². The monoisotopic (exact) mass is 1210 g/mol. The fourth-order valence-electron chi connectivity index (χ4n) is 9.89. The van der Waals surface area contributed by atoms with Gasteiger partial charge in [0.15, 0.2) is 0 Å². The van der Waals surface area contributed by atoms with Crippen molar-refractivity contribution in [3.8, 4) is 0 Å². The van der Waals surface area contributed by atoms with Crippen molar-refractivity contribution in [2.75, 3.05) is 13.2 Å². The van der Waals surface area contributed by atoms with Gasteiger partial charge in [-0.3, -0.25) is 0 Å². The van der Waals surface area contributed by atoms with Crippen LogP contribution < -0.4 is 20.7 Å². The molecule has 0 saturated carbocycles. The molecule has 1 fully saturated rings. The first-order valence-electron chi connectivity index (χ1n) is 22.1. The van der Waals surface area contributed by atoms with Crippen LogP contribution in [0.1, 0.15) is 113 Å². The van der Waals surface area contributed by atoms with E-state index in [2.05, 4.69) is 189 Å². The molecule has 1 heterocycles. The second kappa shape index (κ2) is 28.3. The molecule has 0 amide bonds. The van der Waals surface area contributed by atoms with E-state index < -0.39 is 32.3 Å². The molecule has 4 aromatic rings. The molecule has 1 aliphatic rings. The summed E-state index contributed by atoms with van der Waals surface area (Å²) in [6, 6.07) is 0. The van der Waals surface area contributed by atoms with Crippen LogP contribution in [0.4, 0.5) is 0 Å². The third kappa shape index (κ3) is 18.5. The van der Waals surface area contributed by atoms with Crippen LogP contribution >= 0.6 is 0 Å². The van der Waals surface area contributed by atoms with Gasteiger partial charge in [-0.2, -0.15) is 110 Å². The van der Waals surface area contributed by atoms with Gasteiger partial charge in [-0.15, -0.1) is 0 Å². The molecule has 0 atom stereocenters. The van der Waals surface area contributed by atoms with Crippen LogP contribution in [0.5, 0.6) is 0 Å². The van der Waals surface area contributed by atoms with Crippen molar-refractivity contribution in [3.63, 3.8) is 0 Å². The molecule has 0 bridgehead atoms. The molecule has 342 valence electrons. The second-order valence-corrected chi connectivity index (χ2v) is 41.8. The molecule has 9 heteroatoms. The van der Waals surface area contributed by atoms with Gasteiger partial charge in [0.1, 0.15) is 0 Å². The largest absolute Gasteiger partial charge is 3.00 e. The Morgan fingerprint density at radius 3 is 0.443 bits per heavy atom. The summed E-state index contributed by atoms with van der Waals surface area (Å²) < 4.78 is 4.94. The van der Waals surface area contributed by atoms with E-state index in [1.54, 1.807) is 65.3 Å². The number of ether oxygens (including phenoxy) is 1. The molecule has 0 unspecified atom stereocenters. The van der Waals surface area contributed by atoms with Crippen molar-refractivity contribution in [2.45, 2.75) is 202 Å². The summed E-state index contributed by atoms with van der Waals surface area (Å²) in [4.78, 5) is 0. The Morgan fingerprint density at radius 1 is 0.279 bits per heavy atom. The predicted molar refractivity (Wildman–Crippen MR) is 285 cm³/mol. The smallest absolute Gasteiger partial charge is 1.00 e. The van der Waals surface area contributed by atoms with Crippen LogP contribution in [0.25, 0.3) is 0 Å². The van der Waals surface area contributed by atoms with E-state index in [1.807, 2.05) is 0 Å². The van der Waals surface area contributed by atoms with Gasteiger partial charge in [0.25, 0.3) is 0 Å². The van der Waals surface area contributed by atoms with Gasteiger partial charge in [0.2, 0.25) is 0 Å². The van der Waals surface area contributed by atoms with Crippen molar-refractivity contribution in [3.05, 3.63) is 89.0 Å². The molecular formula is C52H100OSi4Y4. The maximum atomic E-state index is 4.94. The maximum Gasteiger partial charge on any atom is 3.00 e. The van der Waals surface area contributed by atoms with Crippen molar-refractivity contribution < 1.29 is 147 Å². The first kappa shape index (κ1) is 70.2. The minimum atomic E-state index is -1.13. The van der Waals surface area contributed by atoms with Crippen LogP contribution in [0.3, 0.4) is 0 Å². The minimum Gasteiger partial charge on any atom is -1.00 e. The Morgan fingerprint density at radius 2 is 0.393 bits per heavy atom. The topological polar surface area (TPSA) is 9.23 Å². The Kier molecular flexibility index (Phi) is 32.6. The van der Waals surface area contributed by atoms with Crippen molar-refractivity contribution >= 4 is 53.0 Å². The quantitative estimate of drug-likeness (QED) is 0.146. The minimum absolute atomic E-state index is 0. The predicted octanol–water partition coefficient (Wildman–Crippen LogP) is 14.4. The standard InChI is InChI=1S/4C12H21Si.C4H8O.4Y.8H/c4*1-8-9(2)11(4)12(10(8)3)13(5,6)7;1-2-4-5-3-1;;;;;;;;;;;;/h4*1-7H3;1-4H2;;;;;;;;;;;;/q4*-1;;4*+3;8*-1. The van der Waals surface area contributed by atoms with E-state index in [9.17, 15) is 0 Å². The molecule has 1 saturated heterocycles. The van der Waals surface area contributed by atoms with Crippen LogP contribution in [0.15, 0.2) is 0 Å². The first-order valence-corrected chi connectivity index (χ1v) is 36.1. The molecule has 5 rings (SSSR count). The molecule has 0 radical (unpaired) electrons. The summed E-state index contributed by atoms with van der Waals surface area (Å²) in [5, 5.41) is 6.73. The van der Waals surface area contributed by atoms with E-state index in [4.69, 9.17) is 4.74 Å². The summed E-state index contributed by atoms with van der Waals surface area (Å²) in [5.74, 6) is 0. The molecule has 1 aliphatic heterocycles. The zero-order valence-electron chi connectivity index (χ0n) is 53.5. The van der Waals surface area contributed by atoms with Gasteiger partial charge in [-0.1, -0.05) is 189 Å². The molecule has 0 aliphatic carbocycles. The zero-order chi connectivity index (χ0) is 45.1. The van der Waals surface area contributed by atoms with Crippen molar-refractivity contribution in [2.24, 2.45) is 0 Å². The summed E-state index contributed by atoms with van der Waals surface area (Å²) in [6.07, 6.45) is 2.56. The van der Waals surface area contributed by atoms with Crippen molar-refractivity contribution in [1.82, 2.24) is 0 Å². The van der Waals surface area contributed by atoms with Gasteiger partial charge >= 0.3 is 131 Å². The van der Waals surface area contributed by atoms with Crippen LogP contribution in [-0.4, -0.2) is 45.5 Å². The molecule has 4 aromatic carbocycles. The SMILES string of the molecule is C1CCOC1.Cc1c(C)c(C)[c-]([Si](C)(C)C)c1C.Cc1c(C)c(C)[c-]([Si](C)(C)C)c1C.Cc1c(C)c(C)[c-]([Si](C)(C)C)c1C.Cc1c(C)c(C)[c-]([Si](C)(C)C)c1C.[H-].[H-].[H-].[H-].[H-].[H-].[H-].[H-].[Y+3].[Y+3].[Y+3].[Y+3]. The van der Waals surface area contributed by atoms with Gasteiger partial charge in [0, 0.05) is 45.5 Å². The van der Waals surface area contributed by atoms with Gasteiger partial charge in [-0.25, -0.2) is 0 Å². The molecule has 0 aromatic heterocycles. The zero-order valence-corrected chi connectivity index (χ0v) is 60.9. The van der Waals surface area contributed by atoms with Crippen LogP contribution in [-0.2, 0) is 136 Å². The second-order valence-electron chi connectivity index (χ2n) is 21.8. The fraction of sp³-hybridized carbons (Fsp3) is 0.615. The Hall–Kier alpha value is 2.64. The first-order chi connectivity index (χ1) is 25.6. The Balaban J connectivity index is -0.0000000574. The molecule has 0 spiro atoms. The molecule has 61 heavy (non-hydrogen) atoms. The van der Waals surface area contributed by atoms with E-state index in [1.165, 1.54) is 57.3 Å². The average molecular weight is 1210 g/mol. The summed E-state index contributed by atoms with van der Waals surface area (Å²) in [7, 11) is -4.53. The van der Waals surface area contributed by atoms with E-state index >= 15 is 0 Å². The summed E-state index contributed by atoms with van der Waals surface area (Å²) in [6.45, 7) is 67.4. The molecule has 1 nitrogen and oxygen atoms in total. The maximum absolute atomic E-state index is 4.94. The fourth-order valence-corrected chi connectivity index (χ4v) is 20.4. The molecular weight excluding hydrogens is 1110 g/mol. The van der Waals surface area contributed by atoms with E-state index in [0.717, 1.165) is 13.2 Å². The van der Waals surface area contributed by atoms with Crippen molar-refractivity contribution in [1.29, 1.82) is 0 Å². The van der Waals surface area contributed by atoms with E-state index in [-0.39, 0.29) is 142 Å². The van der Waals surface area contributed by atoms with Gasteiger partial charge in [-0.05, 0) is 12.8 Å². The van der Waals surface area contributed by atoms with Gasteiger partial charge in [0.05, 0.1) is 0 Å². The Bertz CT molecular complexity index is 1610. The third-order valence-electron chi connectivity index (χ3n) is 13.6. The van der Waals surface area contributed by atoms with Gasteiger partial charge < -0.3 is 16.1 Å². The van der Waals surface area contributed by atoms with E-state index in [0.29, 0.717) is 0 Å². The summed E-state index contributed by atoms with van der Waals surface area (Å²) >= 11 is 0. The number of rotatable bonds is 4. The third-order valence-corrected chi connectivity index (χ3v) is 22.6. The molecule has 0 N–H and O–H groups in total. The van der Waals surface area contributed by atoms with Crippen LogP contribution in [0.2, 0.25) is 78.6 Å². The number of hydrogen-bond donors (Lipinski definition) is 0. The van der Waals surface area contributed by atoms with Crippen LogP contribution in [0, 0.1) is 111 Å². The summed E-state index contributed by atoms with van der Waals surface area (Å²) in [5.41, 5.74) is 24.5. The normalized spacial score (nSPS) is 12.4. The average Bonchev–Trinajstić information content (AvgIpc) is 3.84. The number of hydrogen-bond acceptors (Lipinski definition) is 1.